The normalized spacial score (nSPS) is 9.91. The van der Waals surface area contributed by atoms with Crippen molar-refractivity contribution >= 4 is 5.82 Å². The van der Waals surface area contributed by atoms with Gasteiger partial charge in [-0.3, -0.25) is 4.98 Å². The molecule has 0 aliphatic heterocycles. The summed E-state index contributed by atoms with van der Waals surface area (Å²) in [5.74, 6) is 0.435. The third-order valence-electron chi connectivity index (χ3n) is 1.18. The Morgan fingerprint density at radius 1 is 1.45 bits per heavy atom. The number of hydrogen-bond donors (Lipinski definition) is 1. The van der Waals surface area contributed by atoms with Gasteiger partial charge in [-0.25, -0.2) is 4.98 Å². The molecule has 1 aromatic rings. The highest BCUT2D eigenvalue weighted by atomic mass is 16.5. The Balaban J connectivity index is 2.52. The third-order valence-corrected chi connectivity index (χ3v) is 1.18. The van der Waals surface area contributed by atoms with Crippen molar-refractivity contribution in [2.24, 2.45) is 0 Å². The standard InChI is InChI=1S/C7H11N3O/c1-2-11-5-6-3-10-7(8)4-9-6/h3-4H,2,5H2,1H3,(H2,8,10). The van der Waals surface area contributed by atoms with Crippen LogP contribution in [0.2, 0.25) is 0 Å². The Hall–Kier alpha value is -1.16. The molecule has 0 bridgehead atoms. The zero-order valence-electron chi connectivity index (χ0n) is 6.45. The fourth-order valence-electron chi connectivity index (χ4n) is 0.646. The highest BCUT2D eigenvalue weighted by molar-refractivity contribution is 5.22. The van der Waals surface area contributed by atoms with Crippen molar-refractivity contribution in [1.29, 1.82) is 0 Å². The molecule has 0 saturated heterocycles. The molecule has 1 rings (SSSR count). The minimum absolute atomic E-state index is 0.435. The molecular formula is C7H11N3O. The number of nitrogens with two attached hydrogens (primary N) is 1. The van der Waals surface area contributed by atoms with Gasteiger partial charge < -0.3 is 10.5 Å². The first-order valence-corrected chi connectivity index (χ1v) is 3.47. The molecule has 4 heteroatoms. The van der Waals surface area contributed by atoms with Crippen LogP contribution >= 0.6 is 0 Å². The van der Waals surface area contributed by atoms with Crippen LogP contribution in [0, 0.1) is 0 Å². The Bertz CT molecular complexity index is 209. The summed E-state index contributed by atoms with van der Waals surface area (Å²) in [6.07, 6.45) is 3.14. The van der Waals surface area contributed by atoms with Gasteiger partial charge in [0.25, 0.3) is 0 Å². The topological polar surface area (TPSA) is 61.0 Å². The van der Waals surface area contributed by atoms with Crippen molar-refractivity contribution in [3.8, 4) is 0 Å². The molecule has 0 radical (unpaired) electrons. The second-order valence-electron chi connectivity index (χ2n) is 2.07. The predicted molar refractivity (Wildman–Crippen MR) is 41.8 cm³/mol. The molecule has 0 saturated carbocycles. The van der Waals surface area contributed by atoms with Crippen molar-refractivity contribution in [3.05, 3.63) is 18.1 Å². The van der Waals surface area contributed by atoms with Gasteiger partial charge in [0.05, 0.1) is 24.7 Å². The van der Waals surface area contributed by atoms with Crippen LogP contribution in [0.1, 0.15) is 12.6 Å². The zero-order chi connectivity index (χ0) is 8.10. The maximum atomic E-state index is 5.34. The van der Waals surface area contributed by atoms with E-state index in [4.69, 9.17) is 10.5 Å². The zero-order valence-corrected chi connectivity index (χ0v) is 6.45. The molecular weight excluding hydrogens is 142 g/mol. The molecule has 4 nitrogen and oxygen atoms in total. The van der Waals surface area contributed by atoms with E-state index in [0.717, 1.165) is 5.69 Å². The average molecular weight is 153 g/mol. The van der Waals surface area contributed by atoms with Crippen molar-refractivity contribution in [1.82, 2.24) is 9.97 Å². The van der Waals surface area contributed by atoms with Crippen LogP contribution in [0.15, 0.2) is 12.4 Å². The maximum absolute atomic E-state index is 5.34. The second-order valence-corrected chi connectivity index (χ2v) is 2.07. The number of anilines is 1. The third kappa shape index (κ3) is 2.51. The van der Waals surface area contributed by atoms with Gasteiger partial charge in [0.15, 0.2) is 0 Å². The summed E-state index contributed by atoms with van der Waals surface area (Å²) in [5.41, 5.74) is 6.15. The summed E-state index contributed by atoms with van der Waals surface area (Å²) in [5, 5.41) is 0. The summed E-state index contributed by atoms with van der Waals surface area (Å²) in [4.78, 5) is 7.87. The number of nitrogen functional groups attached to an aromatic ring is 1. The molecule has 0 aliphatic carbocycles. The van der Waals surface area contributed by atoms with Crippen LogP contribution in [-0.2, 0) is 11.3 Å². The van der Waals surface area contributed by atoms with Crippen LogP contribution < -0.4 is 5.73 Å². The average Bonchev–Trinajstić information content (AvgIpc) is 2.04. The lowest BCUT2D eigenvalue weighted by atomic mass is 10.5. The summed E-state index contributed by atoms with van der Waals surface area (Å²) >= 11 is 0. The van der Waals surface area contributed by atoms with Gasteiger partial charge in [0.1, 0.15) is 5.82 Å². The summed E-state index contributed by atoms with van der Waals surface area (Å²) < 4.78 is 5.12. The van der Waals surface area contributed by atoms with Crippen LogP contribution in [-0.4, -0.2) is 16.6 Å². The lowest BCUT2D eigenvalue weighted by Crippen LogP contribution is -1.98. The first-order chi connectivity index (χ1) is 5.33. The molecule has 2 N–H and O–H groups in total. The van der Waals surface area contributed by atoms with Gasteiger partial charge >= 0.3 is 0 Å². The highest BCUT2D eigenvalue weighted by Crippen LogP contribution is 1.97. The predicted octanol–water partition coefficient (Wildman–Crippen LogP) is 0.595. The number of rotatable bonds is 3. The number of aromatic nitrogens is 2. The van der Waals surface area contributed by atoms with Gasteiger partial charge in [0.2, 0.25) is 0 Å². The smallest absolute Gasteiger partial charge is 0.141 e. The molecule has 1 aromatic heterocycles. The molecule has 1 heterocycles. The Labute approximate surface area is 65.4 Å². The molecule has 60 valence electrons. The first-order valence-electron chi connectivity index (χ1n) is 3.47. The molecule has 0 amide bonds. The summed E-state index contributed by atoms with van der Waals surface area (Å²) in [6, 6.07) is 0. The fraction of sp³-hybridized carbons (Fsp3) is 0.429. The van der Waals surface area contributed by atoms with E-state index >= 15 is 0 Å². The van der Waals surface area contributed by atoms with Gasteiger partial charge in [-0.05, 0) is 6.92 Å². The SMILES string of the molecule is CCOCc1cnc(N)cn1. The molecule has 0 atom stereocenters. The van der Waals surface area contributed by atoms with E-state index in [2.05, 4.69) is 9.97 Å². The quantitative estimate of drug-likeness (QED) is 0.690. The van der Waals surface area contributed by atoms with E-state index < -0.39 is 0 Å². The lowest BCUT2D eigenvalue weighted by Gasteiger charge is -1.99. The summed E-state index contributed by atoms with van der Waals surface area (Å²) in [7, 11) is 0. The fourth-order valence-corrected chi connectivity index (χ4v) is 0.646. The van der Waals surface area contributed by atoms with Gasteiger partial charge in [-0.1, -0.05) is 0 Å². The Morgan fingerprint density at radius 2 is 2.27 bits per heavy atom. The minimum Gasteiger partial charge on any atom is -0.382 e. The summed E-state index contributed by atoms with van der Waals surface area (Å²) in [6.45, 7) is 3.13. The van der Waals surface area contributed by atoms with E-state index in [-0.39, 0.29) is 0 Å². The van der Waals surface area contributed by atoms with E-state index in [0.29, 0.717) is 19.0 Å². The van der Waals surface area contributed by atoms with Gasteiger partial charge in [-0.2, -0.15) is 0 Å². The van der Waals surface area contributed by atoms with Crippen molar-refractivity contribution in [2.45, 2.75) is 13.5 Å². The van der Waals surface area contributed by atoms with Crippen molar-refractivity contribution in [2.75, 3.05) is 12.3 Å². The number of hydrogen-bond acceptors (Lipinski definition) is 4. The van der Waals surface area contributed by atoms with Gasteiger partial charge in [-0.15, -0.1) is 0 Å². The molecule has 0 unspecified atom stereocenters. The molecule has 11 heavy (non-hydrogen) atoms. The Kier molecular flexibility index (Phi) is 2.80. The van der Waals surface area contributed by atoms with Crippen molar-refractivity contribution in [3.63, 3.8) is 0 Å². The van der Waals surface area contributed by atoms with E-state index in [1.54, 1.807) is 6.20 Å². The van der Waals surface area contributed by atoms with E-state index in [1.807, 2.05) is 6.92 Å². The highest BCUT2D eigenvalue weighted by Gasteiger charge is 1.92. The monoisotopic (exact) mass is 153 g/mol. The van der Waals surface area contributed by atoms with Crippen molar-refractivity contribution < 1.29 is 4.74 Å². The van der Waals surface area contributed by atoms with Gasteiger partial charge in [0, 0.05) is 6.61 Å². The van der Waals surface area contributed by atoms with Crippen LogP contribution in [0.3, 0.4) is 0 Å². The Morgan fingerprint density at radius 3 is 2.82 bits per heavy atom. The van der Waals surface area contributed by atoms with Crippen LogP contribution in [0.5, 0.6) is 0 Å². The van der Waals surface area contributed by atoms with E-state index in [9.17, 15) is 0 Å². The molecule has 0 aromatic carbocycles. The van der Waals surface area contributed by atoms with Crippen LogP contribution in [0.25, 0.3) is 0 Å². The molecule has 0 fully saturated rings. The van der Waals surface area contributed by atoms with Crippen LogP contribution in [0.4, 0.5) is 5.82 Å². The largest absolute Gasteiger partial charge is 0.382 e. The minimum atomic E-state index is 0.435. The molecule has 0 spiro atoms. The molecule has 0 aliphatic rings. The first kappa shape index (κ1) is 7.94. The second kappa shape index (κ2) is 3.88. The maximum Gasteiger partial charge on any atom is 0.141 e. The lowest BCUT2D eigenvalue weighted by molar-refractivity contribution is 0.131. The van der Waals surface area contributed by atoms with E-state index in [1.165, 1.54) is 6.20 Å². The number of ether oxygens (including phenoxy) is 1. The number of nitrogens with zero attached hydrogens (tertiary/aromatic N) is 2.